The Hall–Kier alpha value is -2.73. The lowest BCUT2D eigenvalue weighted by Gasteiger charge is -2.12. The average molecular weight is 330 g/mol. The van der Waals surface area contributed by atoms with E-state index in [0.29, 0.717) is 11.4 Å². The summed E-state index contributed by atoms with van der Waals surface area (Å²) in [6.45, 7) is 3.23. The second kappa shape index (κ2) is 7.70. The lowest BCUT2D eigenvalue weighted by atomic mass is 10.1. The summed E-state index contributed by atoms with van der Waals surface area (Å²) in [5.74, 6) is -1.56. The van der Waals surface area contributed by atoms with Gasteiger partial charge in [-0.2, -0.15) is 0 Å². The Morgan fingerprint density at radius 2 is 1.79 bits per heavy atom. The lowest BCUT2D eigenvalue weighted by Crippen LogP contribution is -2.15. The molecule has 6 heteroatoms. The number of methoxy groups -OCH3 is 1. The maximum Gasteiger partial charge on any atom is 0.258 e. The second-order valence-electron chi connectivity index (χ2n) is 5.33. The zero-order valence-electron chi connectivity index (χ0n) is 13.7. The Kier molecular flexibility index (Phi) is 5.65. The highest BCUT2D eigenvalue weighted by Gasteiger charge is 2.14. The number of ether oxygens (including phenoxy) is 1. The van der Waals surface area contributed by atoms with Crippen molar-refractivity contribution in [1.29, 1.82) is 0 Å². The summed E-state index contributed by atoms with van der Waals surface area (Å²) in [6.07, 6.45) is -0.123. The molecule has 1 atom stereocenters. The van der Waals surface area contributed by atoms with Crippen molar-refractivity contribution in [1.82, 2.24) is 0 Å². The van der Waals surface area contributed by atoms with Crippen molar-refractivity contribution < 1.29 is 18.7 Å². The van der Waals surface area contributed by atoms with Gasteiger partial charge in [-0.25, -0.2) is 4.39 Å². The van der Waals surface area contributed by atoms with Crippen molar-refractivity contribution in [2.75, 3.05) is 17.7 Å². The molecule has 0 fully saturated rings. The Morgan fingerprint density at radius 1 is 1.08 bits per heavy atom. The van der Waals surface area contributed by atoms with E-state index >= 15 is 0 Å². The van der Waals surface area contributed by atoms with Crippen LogP contribution in [0.2, 0.25) is 0 Å². The van der Waals surface area contributed by atoms with E-state index in [9.17, 15) is 14.0 Å². The van der Waals surface area contributed by atoms with Gasteiger partial charge in [0.15, 0.2) is 0 Å². The van der Waals surface area contributed by atoms with Crippen LogP contribution in [0.15, 0.2) is 42.5 Å². The van der Waals surface area contributed by atoms with Crippen molar-refractivity contribution >= 4 is 23.2 Å². The fraction of sp³-hybridized carbons (Fsp3) is 0.222. The van der Waals surface area contributed by atoms with Gasteiger partial charge < -0.3 is 15.4 Å². The summed E-state index contributed by atoms with van der Waals surface area (Å²) in [6, 6.07) is 11.0. The summed E-state index contributed by atoms with van der Waals surface area (Å²) < 4.78 is 19.2. The summed E-state index contributed by atoms with van der Waals surface area (Å²) >= 11 is 0. The SMILES string of the molecule is CO[C@H](C)c1cccc(NC(=O)c2cc(NC(C)=O)ccc2F)c1. The Labute approximate surface area is 139 Å². The Morgan fingerprint density at radius 3 is 2.46 bits per heavy atom. The monoisotopic (exact) mass is 330 g/mol. The molecule has 0 aliphatic rings. The predicted octanol–water partition coefficient (Wildman–Crippen LogP) is 3.74. The van der Waals surface area contributed by atoms with Crippen LogP contribution < -0.4 is 10.6 Å². The molecule has 0 heterocycles. The van der Waals surface area contributed by atoms with Crippen LogP contribution in [0.25, 0.3) is 0 Å². The number of hydrogen-bond acceptors (Lipinski definition) is 3. The van der Waals surface area contributed by atoms with Crippen LogP contribution >= 0.6 is 0 Å². The van der Waals surface area contributed by atoms with Gasteiger partial charge in [0.1, 0.15) is 5.82 Å². The fourth-order valence-electron chi connectivity index (χ4n) is 2.18. The van der Waals surface area contributed by atoms with Crippen LogP contribution in [0.1, 0.15) is 35.9 Å². The second-order valence-corrected chi connectivity index (χ2v) is 5.33. The van der Waals surface area contributed by atoms with E-state index < -0.39 is 11.7 Å². The third-order valence-electron chi connectivity index (χ3n) is 3.50. The molecule has 2 amide bonds. The molecule has 2 rings (SSSR count). The number of carbonyl (C=O) groups excluding carboxylic acids is 2. The minimum absolute atomic E-state index is 0.123. The molecule has 0 saturated heterocycles. The molecule has 0 aliphatic carbocycles. The van der Waals surface area contributed by atoms with Crippen LogP contribution in [0.3, 0.4) is 0 Å². The number of amides is 2. The van der Waals surface area contributed by atoms with E-state index in [-0.39, 0.29) is 17.6 Å². The van der Waals surface area contributed by atoms with Gasteiger partial charge in [0, 0.05) is 25.4 Å². The van der Waals surface area contributed by atoms with Crippen molar-refractivity contribution in [2.45, 2.75) is 20.0 Å². The van der Waals surface area contributed by atoms with Crippen LogP contribution in [-0.2, 0) is 9.53 Å². The predicted molar refractivity (Wildman–Crippen MR) is 90.5 cm³/mol. The minimum Gasteiger partial charge on any atom is -0.377 e. The molecule has 0 saturated carbocycles. The quantitative estimate of drug-likeness (QED) is 0.877. The van der Waals surface area contributed by atoms with Crippen molar-refractivity contribution in [3.8, 4) is 0 Å². The molecule has 2 aromatic carbocycles. The molecule has 0 bridgehead atoms. The van der Waals surface area contributed by atoms with Crippen molar-refractivity contribution in [3.05, 3.63) is 59.4 Å². The molecule has 0 aromatic heterocycles. The van der Waals surface area contributed by atoms with Crippen molar-refractivity contribution in [3.63, 3.8) is 0 Å². The maximum absolute atomic E-state index is 13.9. The number of carbonyl (C=O) groups is 2. The highest BCUT2D eigenvalue weighted by atomic mass is 19.1. The molecule has 5 nitrogen and oxygen atoms in total. The molecule has 0 radical (unpaired) electrons. The van der Waals surface area contributed by atoms with E-state index in [0.717, 1.165) is 11.6 Å². The largest absolute Gasteiger partial charge is 0.377 e. The zero-order chi connectivity index (χ0) is 17.7. The van der Waals surface area contributed by atoms with Crippen LogP contribution in [0, 0.1) is 5.82 Å². The molecule has 126 valence electrons. The first-order chi connectivity index (χ1) is 11.4. The van der Waals surface area contributed by atoms with Gasteiger partial charge in [-0.3, -0.25) is 9.59 Å². The third-order valence-corrected chi connectivity index (χ3v) is 3.50. The first kappa shape index (κ1) is 17.6. The van der Waals surface area contributed by atoms with Gasteiger partial charge in [0.05, 0.1) is 11.7 Å². The third kappa shape index (κ3) is 4.39. The van der Waals surface area contributed by atoms with E-state index in [1.165, 1.54) is 19.1 Å². The highest BCUT2D eigenvalue weighted by Crippen LogP contribution is 2.21. The highest BCUT2D eigenvalue weighted by molar-refractivity contribution is 6.05. The topological polar surface area (TPSA) is 67.4 Å². The number of rotatable bonds is 5. The summed E-state index contributed by atoms with van der Waals surface area (Å²) in [7, 11) is 1.60. The zero-order valence-corrected chi connectivity index (χ0v) is 13.7. The Bertz CT molecular complexity index is 762. The fourth-order valence-corrected chi connectivity index (χ4v) is 2.18. The smallest absolute Gasteiger partial charge is 0.258 e. The molecule has 0 aliphatic heterocycles. The van der Waals surface area contributed by atoms with E-state index in [2.05, 4.69) is 10.6 Å². The molecule has 24 heavy (non-hydrogen) atoms. The molecule has 2 aromatic rings. The van der Waals surface area contributed by atoms with E-state index in [4.69, 9.17) is 4.74 Å². The van der Waals surface area contributed by atoms with E-state index in [1.54, 1.807) is 25.3 Å². The average Bonchev–Trinajstić information content (AvgIpc) is 2.55. The van der Waals surface area contributed by atoms with E-state index in [1.807, 2.05) is 13.0 Å². The number of halogens is 1. The standard InChI is InChI=1S/C18H19FN2O3/c1-11(24-3)13-5-4-6-14(9-13)21-18(23)16-10-15(20-12(2)22)7-8-17(16)19/h4-11H,1-3H3,(H,20,22)(H,21,23)/t11-/m1/s1. The molecular weight excluding hydrogens is 311 g/mol. The van der Waals surface area contributed by atoms with Crippen LogP contribution in [-0.4, -0.2) is 18.9 Å². The first-order valence-electron chi connectivity index (χ1n) is 7.42. The molecule has 0 unspecified atom stereocenters. The van der Waals surface area contributed by atoms with Crippen LogP contribution in [0.5, 0.6) is 0 Å². The summed E-state index contributed by atoms with van der Waals surface area (Å²) in [5, 5.41) is 5.17. The van der Waals surface area contributed by atoms with Crippen molar-refractivity contribution in [2.24, 2.45) is 0 Å². The first-order valence-corrected chi connectivity index (χ1v) is 7.42. The maximum atomic E-state index is 13.9. The van der Waals surface area contributed by atoms with Gasteiger partial charge in [-0.1, -0.05) is 12.1 Å². The minimum atomic E-state index is -0.664. The normalized spacial score (nSPS) is 11.7. The summed E-state index contributed by atoms with van der Waals surface area (Å²) in [4.78, 5) is 23.4. The number of anilines is 2. The van der Waals surface area contributed by atoms with Gasteiger partial charge in [-0.05, 0) is 42.8 Å². The lowest BCUT2D eigenvalue weighted by molar-refractivity contribution is -0.114. The van der Waals surface area contributed by atoms with Gasteiger partial charge in [0.25, 0.3) is 5.91 Å². The van der Waals surface area contributed by atoms with Gasteiger partial charge in [0.2, 0.25) is 5.91 Å². The molecular formula is C18H19FN2O3. The molecule has 0 spiro atoms. The molecule has 2 N–H and O–H groups in total. The number of hydrogen-bond donors (Lipinski definition) is 2. The number of benzene rings is 2. The van der Waals surface area contributed by atoms with Gasteiger partial charge in [-0.15, -0.1) is 0 Å². The van der Waals surface area contributed by atoms with Gasteiger partial charge >= 0.3 is 0 Å². The van der Waals surface area contributed by atoms with Crippen LogP contribution in [0.4, 0.5) is 15.8 Å². The Balaban J connectivity index is 2.22. The summed E-state index contributed by atoms with van der Waals surface area (Å²) in [5.41, 5.74) is 1.63. The number of nitrogens with one attached hydrogen (secondary N) is 2.